The average molecular weight is 211 g/mol. The van der Waals surface area contributed by atoms with E-state index in [4.69, 9.17) is 5.11 Å². The van der Waals surface area contributed by atoms with Crippen LogP contribution in [0.25, 0.3) is 0 Å². The average Bonchev–Trinajstić information content (AvgIpc) is 2.15. The molecule has 0 atom stereocenters. The second kappa shape index (κ2) is 4.52. The van der Waals surface area contributed by atoms with Gasteiger partial charge in [-0.15, -0.1) is 0 Å². The highest BCUT2D eigenvalue weighted by Crippen LogP contribution is 2.44. The zero-order valence-electron chi connectivity index (χ0n) is 9.37. The normalized spacial score (nSPS) is 25.9. The molecule has 86 valence electrons. The van der Waals surface area contributed by atoms with Gasteiger partial charge in [0.05, 0.1) is 6.42 Å². The van der Waals surface area contributed by atoms with Crippen molar-refractivity contribution in [2.45, 2.75) is 44.9 Å². The zero-order chi connectivity index (χ0) is 10.7. The second-order valence-electron chi connectivity index (χ2n) is 5.26. The molecule has 3 nitrogen and oxygen atoms in total. The van der Waals surface area contributed by atoms with Crippen molar-refractivity contribution in [1.29, 1.82) is 0 Å². The first-order chi connectivity index (χ1) is 7.20. The largest absolute Gasteiger partial charge is 0.481 e. The summed E-state index contributed by atoms with van der Waals surface area (Å²) >= 11 is 0. The van der Waals surface area contributed by atoms with Crippen molar-refractivity contribution in [3.8, 4) is 0 Å². The minimum absolute atomic E-state index is 0.128. The summed E-state index contributed by atoms with van der Waals surface area (Å²) < 4.78 is 0. The Bertz CT molecular complexity index is 230. The SMILES string of the molecule is O=C(O)CC1(CN2CCCCC2)CCC1. The predicted molar refractivity (Wildman–Crippen MR) is 58.8 cm³/mol. The third-order valence-electron chi connectivity index (χ3n) is 3.95. The van der Waals surface area contributed by atoms with Crippen LogP contribution in [0, 0.1) is 5.41 Å². The molecule has 2 fully saturated rings. The monoisotopic (exact) mass is 211 g/mol. The summed E-state index contributed by atoms with van der Waals surface area (Å²) in [5, 5.41) is 8.93. The first-order valence-electron chi connectivity index (χ1n) is 6.14. The Labute approximate surface area is 91.5 Å². The molecule has 0 radical (unpaired) electrons. The summed E-state index contributed by atoms with van der Waals surface area (Å²) in [6, 6.07) is 0. The van der Waals surface area contributed by atoms with E-state index < -0.39 is 5.97 Å². The maximum absolute atomic E-state index is 10.8. The van der Waals surface area contributed by atoms with E-state index >= 15 is 0 Å². The molecule has 1 heterocycles. The number of nitrogens with zero attached hydrogens (tertiary/aromatic N) is 1. The van der Waals surface area contributed by atoms with Crippen LogP contribution in [0.15, 0.2) is 0 Å². The van der Waals surface area contributed by atoms with Gasteiger partial charge in [-0.3, -0.25) is 4.79 Å². The number of piperidine rings is 1. The Kier molecular flexibility index (Phi) is 3.29. The lowest BCUT2D eigenvalue weighted by Gasteiger charge is -2.45. The van der Waals surface area contributed by atoms with Crippen LogP contribution in [0.2, 0.25) is 0 Å². The van der Waals surface area contributed by atoms with E-state index in [0.717, 1.165) is 19.4 Å². The van der Waals surface area contributed by atoms with Crippen LogP contribution in [-0.4, -0.2) is 35.6 Å². The van der Waals surface area contributed by atoms with Crippen LogP contribution in [0.1, 0.15) is 44.9 Å². The molecule has 0 bridgehead atoms. The number of hydrogen-bond donors (Lipinski definition) is 1. The number of rotatable bonds is 4. The summed E-state index contributed by atoms with van der Waals surface area (Å²) in [6.45, 7) is 3.39. The van der Waals surface area contributed by atoms with E-state index in [1.807, 2.05) is 0 Å². The van der Waals surface area contributed by atoms with Crippen molar-refractivity contribution < 1.29 is 9.90 Å². The molecule has 0 amide bonds. The van der Waals surface area contributed by atoms with Gasteiger partial charge < -0.3 is 10.0 Å². The Morgan fingerprint density at radius 1 is 1.13 bits per heavy atom. The van der Waals surface area contributed by atoms with Crippen LogP contribution in [0.3, 0.4) is 0 Å². The quantitative estimate of drug-likeness (QED) is 0.774. The van der Waals surface area contributed by atoms with Gasteiger partial charge in [0.2, 0.25) is 0 Å². The van der Waals surface area contributed by atoms with Gasteiger partial charge in [0.1, 0.15) is 0 Å². The van der Waals surface area contributed by atoms with Gasteiger partial charge in [-0.25, -0.2) is 0 Å². The first kappa shape index (κ1) is 10.9. The molecule has 0 aromatic carbocycles. The zero-order valence-corrected chi connectivity index (χ0v) is 9.37. The number of carbonyl (C=O) groups is 1. The molecule has 1 saturated heterocycles. The molecule has 1 N–H and O–H groups in total. The first-order valence-corrected chi connectivity index (χ1v) is 6.14. The van der Waals surface area contributed by atoms with Gasteiger partial charge in [-0.05, 0) is 44.2 Å². The van der Waals surface area contributed by atoms with E-state index in [-0.39, 0.29) is 5.41 Å². The van der Waals surface area contributed by atoms with Crippen molar-refractivity contribution in [1.82, 2.24) is 4.90 Å². The fourth-order valence-corrected chi connectivity index (χ4v) is 2.98. The number of aliphatic carboxylic acids is 1. The van der Waals surface area contributed by atoms with Crippen molar-refractivity contribution in [3.05, 3.63) is 0 Å². The molecule has 1 aliphatic carbocycles. The Morgan fingerprint density at radius 2 is 1.80 bits per heavy atom. The van der Waals surface area contributed by atoms with Gasteiger partial charge in [0.25, 0.3) is 0 Å². The molecule has 1 aliphatic heterocycles. The van der Waals surface area contributed by atoms with Crippen molar-refractivity contribution >= 4 is 5.97 Å². The highest BCUT2D eigenvalue weighted by Gasteiger charge is 2.40. The fraction of sp³-hybridized carbons (Fsp3) is 0.917. The number of likely N-dealkylation sites (tertiary alicyclic amines) is 1. The number of hydrogen-bond acceptors (Lipinski definition) is 2. The van der Waals surface area contributed by atoms with Crippen molar-refractivity contribution in [2.75, 3.05) is 19.6 Å². The van der Waals surface area contributed by atoms with E-state index in [2.05, 4.69) is 4.90 Å². The van der Waals surface area contributed by atoms with Crippen LogP contribution in [0.4, 0.5) is 0 Å². The number of carboxylic acids is 1. The van der Waals surface area contributed by atoms with Crippen molar-refractivity contribution in [2.24, 2.45) is 5.41 Å². The van der Waals surface area contributed by atoms with Crippen LogP contribution in [-0.2, 0) is 4.79 Å². The van der Waals surface area contributed by atoms with Gasteiger partial charge >= 0.3 is 5.97 Å². The molecule has 0 spiro atoms. The third kappa shape index (κ3) is 2.71. The Morgan fingerprint density at radius 3 is 2.27 bits per heavy atom. The third-order valence-corrected chi connectivity index (χ3v) is 3.95. The van der Waals surface area contributed by atoms with E-state index in [1.54, 1.807) is 0 Å². The maximum Gasteiger partial charge on any atom is 0.303 e. The molecular weight excluding hydrogens is 190 g/mol. The predicted octanol–water partition coefficient (Wildman–Crippen LogP) is 2.12. The summed E-state index contributed by atoms with van der Waals surface area (Å²) in [5.74, 6) is -0.619. The topological polar surface area (TPSA) is 40.5 Å². The lowest BCUT2D eigenvalue weighted by Crippen LogP contribution is -2.45. The fourth-order valence-electron chi connectivity index (χ4n) is 2.98. The lowest BCUT2D eigenvalue weighted by atomic mass is 9.66. The molecule has 0 aromatic rings. The van der Waals surface area contributed by atoms with Gasteiger partial charge in [-0.1, -0.05) is 12.8 Å². The second-order valence-corrected chi connectivity index (χ2v) is 5.26. The van der Waals surface area contributed by atoms with E-state index in [1.165, 1.54) is 38.8 Å². The molecule has 0 unspecified atom stereocenters. The molecule has 3 heteroatoms. The highest BCUT2D eigenvalue weighted by atomic mass is 16.4. The standard InChI is InChI=1S/C12H21NO2/c14-11(15)9-12(5-4-6-12)10-13-7-2-1-3-8-13/h1-10H2,(H,14,15). The van der Waals surface area contributed by atoms with E-state index in [9.17, 15) is 4.79 Å². The Hall–Kier alpha value is -0.570. The summed E-state index contributed by atoms with van der Waals surface area (Å²) in [7, 11) is 0. The maximum atomic E-state index is 10.8. The smallest absolute Gasteiger partial charge is 0.303 e. The van der Waals surface area contributed by atoms with Crippen LogP contribution < -0.4 is 0 Å². The summed E-state index contributed by atoms with van der Waals surface area (Å²) in [4.78, 5) is 13.3. The lowest BCUT2D eigenvalue weighted by molar-refractivity contribution is -0.142. The van der Waals surface area contributed by atoms with Crippen molar-refractivity contribution in [3.63, 3.8) is 0 Å². The molecule has 15 heavy (non-hydrogen) atoms. The van der Waals surface area contributed by atoms with Gasteiger partial charge in [0.15, 0.2) is 0 Å². The van der Waals surface area contributed by atoms with E-state index in [0.29, 0.717) is 6.42 Å². The molecule has 1 saturated carbocycles. The minimum atomic E-state index is -0.619. The highest BCUT2D eigenvalue weighted by molar-refractivity contribution is 5.68. The Balaban J connectivity index is 1.86. The van der Waals surface area contributed by atoms with Crippen LogP contribution >= 0.6 is 0 Å². The molecule has 2 aliphatic rings. The van der Waals surface area contributed by atoms with Gasteiger partial charge in [0, 0.05) is 6.54 Å². The van der Waals surface area contributed by atoms with Gasteiger partial charge in [-0.2, -0.15) is 0 Å². The van der Waals surface area contributed by atoms with Crippen LogP contribution in [0.5, 0.6) is 0 Å². The molecule has 2 rings (SSSR count). The molecular formula is C12H21NO2. The molecule has 0 aromatic heterocycles. The minimum Gasteiger partial charge on any atom is -0.481 e. The summed E-state index contributed by atoms with van der Waals surface area (Å²) in [5.41, 5.74) is 0.128. The summed E-state index contributed by atoms with van der Waals surface area (Å²) in [6.07, 6.45) is 7.78. The number of carboxylic acid groups (broad SMARTS) is 1.